The Bertz CT molecular complexity index is 119. The van der Waals surface area contributed by atoms with Crippen LogP contribution in [-0.2, 0) is 4.79 Å². The highest BCUT2D eigenvalue weighted by molar-refractivity contribution is 6.22. The molecule has 0 aliphatic heterocycles. The van der Waals surface area contributed by atoms with Crippen molar-refractivity contribution in [3.63, 3.8) is 0 Å². The molecular weight excluding hydrogens is 162 g/mol. The molecule has 0 heterocycles. The number of carbonyl (C=O) groups excluding carboxylic acids is 1. The fraction of sp³-hybridized carbons (Fsp3) is 0.833. The van der Waals surface area contributed by atoms with Crippen molar-refractivity contribution in [2.24, 2.45) is 0 Å². The van der Waals surface area contributed by atoms with Gasteiger partial charge in [0.1, 0.15) is 5.78 Å². The van der Waals surface area contributed by atoms with Crippen LogP contribution in [0.25, 0.3) is 0 Å². The van der Waals surface area contributed by atoms with Gasteiger partial charge < -0.3 is 0 Å². The summed E-state index contributed by atoms with van der Waals surface area (Å²) in [6.07, 6.45) is -0.0729. The summed E-state index contributed by atoms with van der Waals surface area (Å²) < 4.78 is 23.7. The fourth-order valence-electron chi connectivity index (χ4n) is 0.591. The molecule has 0 rings (SSSR count). The lowest BCUT2D eigenvalue weighted by molar-refractivity contribution is -0.122. The van der Waals surface area contributed by atoms with Crippen LogP contribution in [0, 0.1) is 0 Å². The van der Waals surface area contributed by atoms with Gasteiger partial charge in [-0.3, -0.25) is 4.79 Å². The van der Waals surface area contributed by atoms with E-state index in [9.17, 15) is 13.6 Å². The molecule has 0 spiro atoms. The average molecular weight is 171 g/mol. The molecule has 10 heavy (non-hydrogen) atoms. The molecule has 4 heteroatoms. The van der Waals surface area contributed by atoms with E-state index >= 15 is 0 Å². The summed E-state index contributed by atoms with van der Waals surface area (Å²) in [5, 5.41) is -3.35. The van der Waals surface area contributed by atoms with Crippen molar-refractivity contribution in [1.29, 1.82) is 0 Å². The number of carbonyl (C=O) groups is 1. The number of alkyl halides is 3. The van der Waals surface area contributed by atoms with Gasteiger partial charge in [-0.15, -0.1) is 0 Å². The normalized spacial score (nSPS) is 11.6. The SMILES string of the molecule is CCCC(=O)CC(F)(F)Cl. The molecule has 0 aromatic rings. The van der Waals surface area contributed by atoms with Crippen LogP contribution in [0.5, 0.6) is 0 Å². The molecule has 0 saturated heterocycles. The van der Waals surface area contributed by atoms with Crippen molar-refractivity contribution in [1.82, 2.24) is 0 Å². The number of hydrogen-bond donors (Lipinski definition) is 0. The molecule has 0 N–H and O–H groups in total. The lowest BCUT2D eigenvalue weighted by Gasteiger charge is -2.04. The summed E-state index contributed by atoms with van der Waals surface area (Å²) in [5.41, 5.74) is 0. The lowest BCUT2D eigenvalue weighted by Crippen LogP contribution is -2.12. The highest BCUT2D eigenvalue weighted by atomic mass is 35.5. The fourth-order valence-corrected chi connectivity index (χ4v) is 0.740. The van der Waals surface area contributed by atoms with E-state index in [0.29, 0.717) is 6.42 Å². The van der Waals surface area contributed by atoms with Crippen molar-refractivity contribution >= 4 is 17.4 Å². The maximum absolute atomic E-state index is 11.8. The van der Waals surface area contributed by atoms with E-state index in [4.69, 9.17) is 0 Å². The highest BCUT2D eigenvalue weighted by Gasteiger charge is 2.27. The molecule has 0 saturated carbocycles. The number of ketones is 1. The molecule has 0 fully saturated rings. The molecule has 0 aromatic heterocycles. The first-order valence-electron chi connectivity index (χ1n) is 3.04. The van der Waals surface area contributed by atoms with Gasteiger partial charge in [0.15, 0.2) is 0 Å². The summed E-state index contributed by atoms with van der Waals surface area (Å²) >= 11 is 4.51. The first-order valence-corrected chi connectivity index (χ1v) is 3.42. The lowest BCUT2D eigenvalue weighted by atomic mass is 10.2. The molecule has 0 radical (unpaired) electrons. The van der Waals surface area contributed by atoms with Crippen LogP contribution in [-0.4, -0.2) is 11.2 Å². The zero-order valence-corrected chi connectivity index (χ0v) is 6.42. The third-order valence-electron chi connectivity index (χ3n) is 0.926. The summed E-state index contributed by atoms with van der Waals surface area (Å²) in [5.74, 6) is -0.484. The minimum Gasteiger partial charge on any atom is -0.299 e. The van der Waals surface area contributed by atoms with Crippen molar-refractivity contribution in [2.75, 3.05) is 0 Å². The molecule has 0 amide bonds. The Morgan fingerprint density at radius 1 is 1.60 bits per heavy atom. The number of hydrogen-bond acceptors (Lipinski definition) is 1. The Hall–Kier alpha value is -0.180. The van der Waals surface area contributed by atoms with Crippen molar-refractivity contribution in [3.8, 4) is 0 Å². The van der Waals surface area contributed by atoms with Crippen LogP contribution in [0.1, 0.15) is 26.2 Å². The van der Waals surface area contributed by atoms with Gasteiger partial charge in [-0.1, -0.05) is 6.92 Å². The molecule has 0 bridgehead atoms. The van der Waals surface area contributed by atoms with Crippen LogP contribution < -0.4 is 0 Å². The van der Waals surface area contributed by atoms with Gasteiger partial charge in [0.05, 0.1) is 6.42 Å². The number of rotatable bonds is 4. The van der Waals surface area contributed by atoms with E-state index in [2.05, 4.69) is 11.6 Å². The Labute approximate surface area is 63.4 Å². The molecule has 0 aromatic carbocycles. The van der Waals surface area contributed by atoms with Gasteiger partial charge in [0, 0.05) is 6.42 Å². The first kappa shape index (κ1) is 9.82. The molecule has 0 unspecified atom stereocenters. The number of halogens is 3. The Morgan fingerprint density at radius 2 is 2.10 bits per heavy atom. The second-order valence-corrected chi connectivity index (χ2v) is 2.63. The van der Waals surface area contributed by atoms with Crippen LogP contribution in [0.3, 0.4) is 0 Å². The monoisotopic (exact) mass is 170 g/mol. The van der Waals surface area contributed by atoms with E-state index in [0.717, 1.165) is 0 Å². The topological polar surface area (TPSA) is 17.1 Å². The Morgan fingerprint density at radius 3 is 2.40 bits per heavy atom. The quantitative estimate of drug-likeness (QED) is 0.593. The van der Waals surface area contributed by atoms with Crippen LogP contribution in [0.2, 0.25) is 0 Å². The number of Topliss-reactive ketones (excluding diaryl/α,β-unsaturated/α-hetero) is 1. The minimum absolute atomic E-state index is 0.183. The predicted octanol–water partition coefficient (Wildman–Crippen LogP) is 2.58. The molecule has 1 nitrogen and oxygen atoms in total. The maximum Gasteiger partial charge on any atom is 0.328 e. The Kier molecular flexibility index (Phi) is 3.79. The second kappa shape index (κ2) is 3.86. The zero-order valence-electron chi connectivity index (χ0n) is 5.66. The summed E-state index contributed by atoms with van der Waals surface area (Å²) in [7, 11) is 0. The summed E-state index contributed by atoms with van der Waals surface area (Å²) in [6, 6.07) is 0. The maximum atomic E-state index is 11.8. The van der Waals surface area contributed by atoms with E-state index < -0.39 is 17.6 Å². The van der Waals surface area contributed by atoms with Gasteiger partial charge in [-0.25, -0.2) is 0 Å². The third-order valence-corrected chi connectivity index (χ3v) is 1.06. The molecule has 0 atom stereocenters. The minimum atomic E-state index is -3.35. The van der Waals surface area contributed by atoms with E-state index in [1.807, 2.05) is 0 Å². The predicted molar refractivity (Wildman–Crippen MR) is 35.3 cm³/mol. The molecule has 60 valence electrons. The summed E-state index contributed by atoms with van der Waals surface area (Å²) in [6.45, 7) is 1.75. The van der Waals surface area contributed by atoms with E-state index in [1.54, 1.807) is 6.92 Å². The van der Waals surface area contributed by atoms with Crippen LogP contribution in [0.15, 0.2) is 0 Å². The van der Waals surface area contributed by atoms with Gasteiger partial charge in [0.25, 0.3) is 0 Å². The molecular formula is C6H9ClF2O. The summed E-state index contributed by atoms with van der Waals surface area (Å²) in [4.78, 5) is 10.5. The van der Waals surface area contributed by atoms with Crippen LogP contribution in [0.4, 0.5) is 8.78 Å². The highest BCUT2D eigenvalue weighted by Crippen LogP contribution is 2.23. The second-order valence-electron chi connectivity index (χ2n) is 2.08. The van der Waals surface area contributed by atoms with Crippen molar-refractivity contribution in [3.05, 3.63) is 0 Å². The molecule has 0 aliphatic rings. The Balaban J connectivity index is 3.58. The van der Waals surface area contributed by atoms with Gasteiger partial charge >= 0.3 is 5.38 Å². The van der Waals surface area contributed by atoms with Crippen molar-refractivity contribution < 1.29 is 13.6 Å². The third kappa shape index (κ3) is 5.95. The van der Waals surface area contributed by atoms with Gasteiger partial charge in [-0.2, -0.15) is 8.78 Å². The molecule has 0 aliphatic carbocycles. The van der Waals surface area contributed by atoms with Crippen molar-refractivity contribution in [2.45, 2.75) is 31.6 Å². The first-order chi connectivity index (χ1) is 4.45. The van der Waals surface area contributed by atoms with Gasteiger partial charge in [-0.05, 0) is 18.0 Å². The van der Waals surface area contributed by atoms with Crippen LogP contribution >= 0.6 is 11.6 Å². The van der Waals surface area contributed by atoms with Gasteiger partial charge in [0.2, 0.25) is 0 Å². The largest absolute Gasteiger partial charge is 0.328 e. The van der Waals surface area contributed by atoms with E-state index in [-0.39, 0.29) is 6.42 Å². The average Bonchev–Trinajstić information content (AvgIpc) is 1.59. The zero-order chi connectivity index (χ0) is 8.20. The smallest absolute Gasteiger partial charge is 0.299 e. The standard InChI is InChI=1S/C6H9ClF2O/c1-2-3-5(10)4-6(7,8)9/h2-4H2,1H3. The van der Waals surface area contributed by atoms with E-state index in [1.165, 1.54) is 0 Å².